The molecule has 7 heteroatoms. The molecule has 5 rings (SSSR count). The van der Waals surface area contributed by atoms with E-state index < -0.39 is 0 Å². The highest BCUT2D eigenvalue weighted by Crippen LogP contribution is 2.34. The lowest BCUT2D eigenvalue weighted by Crippen LogP contribution is -3.10. The molecule has 1 saturated heterocycles. The van der Waals surface area contributed by atoms with Gasteiger partial charge in [0.15, 0.2) is 17.5 Å². The van der Waals surface area contributed by atoms with Crippen molar-refractivity contribution in [2.75, 3.05) is 19.8 Å². The minimum atomic E-state index is 0.143. The zero-order valence-electron chi connectivity index (χ0n) is 15.9. The maximum atomic E-state index is 6.02. The largest absolute Gasteiger partial charge is 0.490 e. The number of quaternary nitrogens is 1. The Morgan fingerprint density at radius 3 is 2.86 bits per heavy atom. The highest BCUT2D eigenvalue weighted by atomic mass is 32.1. The van der Waals surface area contributed by atoms with Crippen LogP contribution in [0.25, 0.3) is 10.8 Å². The lowest BCUT2D eigenvalue weighted by molar-refractivity contribution is -0.948. The quantitative estimate of drug-likeness (QED) is 0.729. The van der Waals surface area contributed by atoms with E-state index in [1.807, 2.05) is 17.5 Å². The van der Waals surface area contributed by atoms with Crippen LogP contribution in [-0.4, -0.2) is 30.0 Å². The third-order valence-corrected chi connectivity index (χ3v) is 6.54. The van der Waals surface area contributed by atoms with Crippen molar-refractivity contribution >= 4 is 11.3 Å². The third-order valence-electron chi connectivity index (χ3n) is 5.68. The molecule has 0 radical (unpaired) electrons. The van der Waals surface area contributed by atoms with Gasteiger partial charge >= 0.3 is 0 Å². The van der Waals surface area contributed by atoms with Gasteiger partial charge in [0.05, 0.1) is 24.6 Å². The van der Waals surface area contributed by atoms with Gasteiger partial charge in [-0.25, -0.2) is 0 Å². The van der Waals surface area contributed by atoms with Crippen LogP contribution in [0.5, 0.6) is 11.5 Å². The van der Waals surface area contributed by atoms with E-state index in [1.54, 1.807) is 11.3 Å². The van der Waals surface area contributed by atoms with Gasteiger partial charge < -0.3 is 18.8 Å². The third kappa shape index (κ3) is 3.29. The zero-order chi connectivity index (χ0) is 18.9. The standard InChI is InChI=1S/C21H23N3O3S/c1-14(20-22-23-21(27-20)19-6-3-12-28-19)24-9-2-5-16(24)15-7-8-17-18(13-15)26-11-4-10-25-17/h3,6-8,12-14,16H,2,4-5,9-11H2,1H3/p+1/t14-,16-/m1/s1. The first-order valence-corrected chi connectivity index (χ1v) is 10.8. The van der Waals surface area contributed by atoms with Gasteiger partial charge in [0.1, 0.15) is 6.04 Å². The van der Waals surface area contributed by atoms with Crippen LogP contribution in [0.15, 0.2) is 40.1 Å². The van der Waals surface area contributed by atoms with Crippen LogP contribution in [0, 0.1) is 0 Å². The van der Waals surface area contributed by atoms with E-state index in [0.29, 0.717) is 31.0 Å². The Kier molecular flexibility index (Phi) is 4.78. The van der Waals surface area contributed by atoms with E-state index in [0.717, 1.165) is 35.8 Å². The molecule has 2 aliphatic rings. The summed E-state index contributed by atoms with van der Waals surface area (Å²) in [5, 5.41) is 10.6. The Labute approximate surface area is 168 Å². The maximum absolute atomic E-state index is 6.02. The topological polar surface area (TPSA) is 61.8 Å². The Hall–Kier alpha value is -2.38. The number of thiophene rings is 1. The molecule has 0 saturated carbocycles. The second kappa shape index (κ2) is 7.56. The van der Waals surface area contributed by atoms with Crippen molar-refractivity contribution in [3.05, 3.63) is 47.2 Å². The molecule has 1 aromatic carbocycles. The van der Waals surface area contributed by atoms with E-state index >= 15 is 0 Å². The number of fused-ring (bicyclic) bond motifs is 1. The second-order valence-corrected chi connectivity index (χ2v) is 8.37. The first-order valence-electron chi connectivity index (χ1n) is 9.92. The monoisotopic (exact) mass is 398 g/mol. The average Bonchev–Trinajstić information content (AvgIpc) is 3.46. The lowest BCUT2D eigenvalue weighted by atomic mass is 10.0. The predicted octanol–water partition coefficient (Wildman–Crippen LogP) is 3.44. The zero-order valence-corrected chi connectivity index (χ0v) is 16.7. The summed E-state index contributed by atoms with van der Waals surface area (Å²) in [6.45, 7) is 4.70. The van der Waals surface area contributed by atoms with E-state index in [1.165, 1.54) is 16.9 Å². The molecule has 0 spiro atoms. The first kappa shape index (κ1) is 17.7. The van der Waals surface area contributed by atoms with E-state index in [9.17, 15) is 0 Å². The highest BCUT2D eigenvalue weighted by Gasteiger charge is 2.37. The molecular formula is C21H24N3O3S+. The van der Waals surface area contributed by atoms with Gasteiger partial charge in [-0.2, -0.15) is 0 Å². The summed E-state index contributed by atoms with van der Waals surface area (Å²) >= 11 is 1.62. The van der Waals surface area contributed by atoms with Crippen molar-refractivity contribution in [3.63, 3.8) is 0 Å². The number of likely N-dealkylation sites (tertiary alicyclic amines) is 1. The van der Waals surface area contributed by atoms with Gasteiger partial charge in [0.2, 0.25) is 0 Å². The second-order valence-electron chi connectivity index (χ2n) is 7.42. The minimum Gasteiger partial charge on any atom is -0.490 e. The average molecular weight is 399 g/mol. The number of hydrogen-bond acceptors (Lipinski definition) is 6. The minimum absolute atomic E-state index is 0.143. The van der Waals surface area contributed by atoms with E-state index in [-0.39, 0.29) is 6.04 Å². The summed E-state index contributed by atoms with van der Waals surface area (Å²) in [4.78, 5) is 2.48. The van der Waals surface area contributed by atoms with Crippen molar-refractivity contribution < 1.29 is 18.8 Å². The molecule has 1 N–H and O–H groups in total. The summed E-state index contributed by atoms with van der Waals surface area (Å²) < 4.78 is 17.7. The molecule has 0 amide bonds. The Balaban J connectivity index is 1.39. The molecule has 2 aliphatic heterocycles. The van der Waals surface area contributed by atoms with Crippen LogP contribution in [0.2, 0.25) is 0 Å². The Morgan fingerprint density at radius 2 is 2.00 bits per heavy atom. The number of aromatic nitrogens is 2. The van der Waals surface area contributed by atoms with Crippen LogP contribution in [0.1, 0.15) is 49.7 Å². The molecule has 2 aromatic heterocycles. The van der Waals surface area contributed by atoms with Crippen molar-refractivity contribution in [1.29, 1.82) is 0 Å². The number of hydrogen-bond donors (Lipinski definition) is 1. The highest BCUT2D eigenvalue weighted by molar-refractivity contribution is 7.13. The van der Waals surface area contributed by atoms with Crippen molar-refractivity contribution in [2.24, 2.45) is 0 Å². The van der Waals surface area contributed by atoms with E-state index in [2.05, 4.69) is 35.3 Å². The molecule has 1 fully saturated rings. The summed E-state index contributed by atoms with van der Waals surface area (Å²) in [5.41, 5.74) is 1.29. The predicted molar refractivity (Wildman–Crippen MR) is 106 cm³/mol. The van der Waals surface area contributed by atoms with Crippen LogP contribution in [0.3, 0.4) is 0 Å². The molecule has 0 bridgehead atoms. The molecule has 1 unspecified atom stereocenters. The molecular weight excluding hydrogens is 374 g/mol. The first-order chi connectivity index (χ1) is 13.8. The number of nitrogens with one attached hydrogen (secondary N) is 1. The van der Waals surface area contributed by atoms with Crippen molar-refractivity contribution in [3.8, 4) is 22.3 Å². The van der Waals surface area contributed by atoms with Crippen LogP contribution in [0.4, 0.5) is 0 Å². The Bertz CT molecular complexity index is 940. The van der Waals surface area contributed by atoms with Gasteiger partial charge in [-0.05, 0) is 36.6 Å². The number of benzene rings is 1. The molecule has 146 valence electrons. The smallest absolute Gasteiger partial charge is 0.274 e. The maximum Gasteiger partial charge on any atom is 0.274 e. The molecule has 28 heavy (non-hydrogen) atoms. The number of ether oxygens (including phenoxy) is 2. The van der Waals surface area contributed by atoms with Gasteiger partial charge in [-0.15, -0.1) is 21.5 Å². The van der Waals surface area contributed by atoms with Gasteiger partial charge in [-0.3, -0.25) is 0 Å². The SMILES string of the molecule is C[C@H](c1nnc(-c2cccs2)o1)[NH+]1CCC[C@@H]1c1ccc2c(c1)OCCCO2. The summed E-state index contributed by atoms with van der Waals surface area (Å²) in [6, 6.07) is 10.9. The summed E-state index contributed by atoms with van der Waals surface area (Å²) in [5.74, 6) is 3.04. The lowest BCUT2D eigenvalue weighted by Gasteiger charge is -2.26. The fourth-order valence-corrected chi connectivity index (χ4v) is 4.88. The fourth-order valence-electron chi connectivity index (χ4n) is 4.23. The Morgan fingerprint density at radius 1 is 1.11 bits per heavy atom. The van der Waals surface area contributed by atoms with Crippen LogP contribution < -0.4 is 14.4 Å². The molecule has 0 aliphatic carbocycles. The number of rotatable bonds is 4. The van der Waals surface area contributed by atoms with Gasteiger partial charge in [0, 0.05) is 24.8 Å². The van der Waals surface area contributed by atoms with Gasteiger partial charge in [0.25, 0.3) is 11.8 Å². The molecule has 4 heterocycles. The molecule has 6 nitrogen and oxygen atoms in total. The van der Waals surface area contributed by atoms with Crippen molar-refractivity contribution in [2.45, 2.75) is 38.3 Å². The fraction of sp³-hybridized carbons (Fsp3) is 0.429. The van der Waals surface area contributed by atoms with Gasteiger partial charge in [-0.1, -0.05) is 6.07 Å². The van der Waals surface area contributed by atoms with Crippen LogP contribution in [-0.2, 0) is 0 Å². The summed E-state index contributed by atoms with van der Waals surface area (Å²) in [6.07, 6.45) is 3.25. The van der Waals surface area contributed by atoms with Crippen molar-refractivity contribution in [1.82, 2.24) is 10.2 Å². The van der Waals surface area contributed by atoms with E-state index in [4.69, 9.17) is 13.9 Å². The molecule has 3 atom stereocenters. The molecule has 3 aromatic rings. The number of nitrogens with zero attached hydrogens (tertiary/aromatic N) is 2. The summed E-state index contributed by atoms with van der Waals surface area (Å²) in [7, 11) is 0. The van der Waals surface area contributed by atoms with Crippen LogP contribution >= 0.6 is 11.3 Å². The normalized spacial score (nSPS) is 22.8.